The van der Waals surface area contributed by atoms with Crippen LogP contribution in [-0.2, 0) is 16.6 Å². The first kappa shape index (κ1) is 14.1. The number of rotatable bonds is 3. The normalized spacial score (nSPS) is 15.9. The van der Waals surface area contributed by atoms with Gasteiger partial charge in [-0.3, -0.25) is 9.59 Å². The van der Waals surface area contributed by atoms with Crippen molar-refractivity contribution in [3.05, 3.63) is 54.4 Å². The molecule has 0 radical (unpaired) electrons. The molecule has 1 saturated heterocycles. The third kappa shape index (κ3) is 2.76. The molecular weight excluding hydrogens is 280 g/mol. The lowest BCUT2D eigenvalue weighted by Crippen LogP contribution is -2.52. The summed E-state index contributed by atoms with van der Waals surface area (Å²) < 4.78 is 1.88. The van der Waals surface area contributed by atoms with Crippen molar-refractivity contribution in [2.45, 2.75) is 0 Å². The lowest BCUT2D eigenvalue weighted by atomic mass is 10.2. The summed E-state index contributed by atoms with van der Waals surface area (Å²) in [5.41, 5.74) is 1.60. The molecule has 0 saturated carbocycles. The fourth-order valence-electron chi connectivity index (χ4n) is 2.29. The van der Waals surface area contributed by atoms with E-state index in [1.54, 1.807) is 6.21 Å². The molecule has 6 nitrogen and oxygen atoms in total. The van der Waals surface area contributed by atoms with Crippen LogP contribution in [0.15, 0.2) is 53.8 Å². The van der Waals surface area contributed by atoms with E-state index >= 15 is 0 Å². The highest BCUT2D eigenvalue weighted by Gasteiger charge is 2.30. The Hall–Kier alpha value is -2.89. The Labute approximate surface area is 128 Å². The number of carbonyl (C=O) groups excluding carboxylic acids is 2. The number of amides is 2. The van der Waals surface area contributed by atoms with Crippen molar-refractivity contribution in [3.8, 4) is 0 Å². The molecule has 0 N–H and O–H groups in total. The van der Waals surface area contributed by atoms with Crippen LogP contribution >= 0.6 is 0 Å². The van der Waals surface area contributed by atoms with Gasteiger partial charge in [-0.1, -0.05) is 18.2 Å². The van der Waals surface area contributed by atoms with Gasteiger partial charge < -0.3 is 9.47 Å². The van der Waals surface area contributed by atoms with Crippen molar-refractivity contribution in [1.82, 2.24) is 9.58 Å². The predicted molar refractivity (Wildman–Crippen MR) is 83.5 cm³/mol. The van der Waals surface area contributed by atoms with Crippen LogP contribution < -0.4 is 4.90 Å². The first-order valence-corrected chi connectivity index (χ1v) is 6.96. The van der Waals surface area contributed by atoms with E-state index in [-0.39, 0.29) is 24.9 Å². The Bertz CT molecular complexity index is 721. The van der Waals surface area contributed by atoms with Gasteiger partial charge in [0.05, 0.1) is 11.9 Å². The number of nitrogens with zero attached hydrogens (tertiary/aromatic N) is 4. The molecule has 2 aromatic rings. The van der Waals surface area contributed by atoms with Gasteiger partial charge in [-0.25, -0.2) is 5.01 Å². The largest absolute Gasteiger partial charge is 0.350 e. The number of carbonyl (C=O) groups is 2. The molecule has 1 aliphatic rings. The van der Waals surface area contributed by atoms with Crippen LogP contribution in [0.25, 0.3) is 0 Å². The van der Waals surface area contributed by atoms with Gasteiger partial charge in [-0.15, -0.1) is 0 Å². The Morgan fingerprint density at radius 2 is 1.77 bits per heavy atom. The number of aromatic nitrogens is 1. The second-order valence-corrected chi connectivity index (χ2v) is 5.06. The summed E-state index contributed by atoms with van der Waals surface area (Å²) in [6.45, 7) is -0.0397. The van der Waals surface area contributed by atoms with Gasteiger partial charge in [0.2, 0.25) is 5.91 Å². The number of aryl methyl sites for hydroxylation is 1. The quantitative estimate of drug-likeness (QED) is 0.800. The molecule has 1 aliphatic heterocycles. The zero-order chi connectivity index (χ0) is 15.5. The van der Waals surface area contributed by atoms with Crippen LogP contribution in [-0.4, -0.2) is 40.7 Å². The van der Waals surface area contributed by atoms with Gasteiger partial charge in [0.15, 0.2) is 0 Å². The van der Waals surface area contributed by atoms with E-state index in [1.807, 2.05) is 60.3 Å². The van der Waals surface area contributed by atoms with Crippen LogP contribution in [0.1, 0.15) is 5.69 Å². The molecule has 0 unspecified atom stereocenters. The van der Waals surface area contributed by atoms with Crippen LogP contribution in [0.4, 0.5) is 5.69 Å². The average Bonchev–Trinajstić information content (AvgIpc) is 2.94. The fraction of sp³-hybridized carbons (Fsp3) is 0.188. The van der Waals surface area contributed by atoms with Gasteiger partial charge >= 0.3 is 0 Å². The third-order valence-electron chi connectivity index (χ3n) is 3.55. The topological polar surface area (TPSA) is 57.9 Å². The molecular formula is C16H16N4O2. The molecule has 2 amide bonds. The summed E-state index contributed by atoms with van der Waals surface area (Å²) in [6.07, 6.45) is 3.48. The van der Waals surface area contributed by atoms with Crippen LogP contribution in [0.5, 0.6) is 0 Å². The highest BCUT2D eigenvalue weighted by molar-refractivity contribution is 6.04. The van der Waals surface area contributed by atoms with E-state index in [9.17, 15) is 9.59 Å². The predicted octanol–water partition coefficient (Wildman–Crippen LogP) is 1.23. The number of piperazine rings is 1. The van der Waals surface area contributed by atoms with Gasteiger partial charge in [0.1, 0.15) is 13.1 Å². The molecule has 0 spiro atoms. The van der Waals surface area contributed by atoms with Crippen molar-refractivity contribution in [3.63, 3.8) is 0 Å². The summed E-state index contributed by atoms with van der Waals surface area (Å²) in [5, 5.41) is 5.35. The molecule has 6 heteroatoms. The number of anilines is 1. The zero-order valence-corrected chi connectivity index (χ0v) is 12.2. The molecule has 0 atom stereocenters. The Kier molecular flexibility index (Phi) is 3.74. The monoisotopic (exact) mass is 296 g/mol. The lowest BCUT2D eigenvalue weighted by molar-refractivity contribution is -0.138. The maximum Gasteiger partial charge on any atom is 0.263 e. The van der Waals surface area contributed by atoms with E-state index in [0.717, 1.165) is 11.4 Å². The molecule has 1 aromatic heterocycles. The lowest BCUT2D eigenvalue weighted by Gasteiger charge is -2.31. The summed E-state index contributed by atoms with van der Waals surface area (Å²) in [4.78, 5) is 25.9. The minimum absolute atomic E-state index is 0.00727. The van der Waals surface area contributed by atoms with E-state index in [1.165, 1.54) is 9.91 Å². The highest BCUT2D eigenvalue weighted by atomic mass is 16.2. The molecule has 1 aromatic carbocycles. The number of hydrogen-bond donors (Lipinski definition) is 0. The van der Waals surface area contributed by atoms with E-state index < -0.39 is 0 Å². The Balaban J connectivity index is 1.73. The van der Waals surface area contributed by atoms with E-state index in [4.69, 9.17) is 0 Å². The maximum atomic E-state index is 12.2. The van der Waals surface area contributed by atoms with Crippen molar-refractivity contribution < 1.29 is 9.59 Å². The zero-order valence-electron chi connectivity index (χ0n) is 12.2. The number of hydrazone groups is 1. The fourth-order valence-corrected chi connectivity index (χ4v) is 2.29. The summed E-state index contributed by atoms with van der Waals surface area (Å²) >= 11 is 0. The van der Waals surface area contributed by atoms with Gasteiger partial charge in [-0.05, 0) is 24.3 Å². The highest BCUT2D eigenvalue weighted by Crippen LogP contribution is 2.17. The number of hydrogen-bond acceptors (Lipinski definition) is 3. The summed E-state index contributed by atoms with van der Waals surface area (Å²) in [7, 11) is 1.89. The van der Waals surface area contributed by atoms with Crippen LogP contribution in [0, 0.1) is 0 Å². The molecule has 0 bridgehead atoms. The molecule has 1 fully saturated rings. The SMILES string of the molecule is Cn1cccc1/C=N/N1CC(=O)N(c2ccccc2)CC1=O. The average molecular weight is 296 g/mol. The molecule has 3 rings (SSSR count). The number of para-hydroxylation sites is 1. The maximum absolute atomic E-state index is 12.2. The second-order valence-electron chi connectivity index (χ2n) is 5.06. The van der Waals surface area contributed by atoms with Gasteiger partial charge in [-0.2, -0.15) is 5.10 Å². The van der Waals surface area contributed by atoms with Crippen molar-refractivity contribution in [1.29, 1.82) is 0 Å². The molecule has 22 heavy (non-hydrogen) atoms. The van der Waals surface area contributed by atoms with Gasteiger partial charge in [0, 0.05) is 18.9 Å². The van der Waals surface area contributed by atoms with Gasteiger partial charge in [0.25, 0.3) is 5.91 Å². The van der Waals surface area contributed by atoms with Crippen molar-refractivity contribution in [2.24, 2.45) is 12.1 Å². The molecule has 2 heterocycles. The standard InChI is InChI=1S/C16H16N4O2/c1-18-9-5-8-14(18)10-17-20-12-15(21)19(11-16(20)22)13-6-3-2-4-7-13/h2-10H,11-12H2,1H3/b17-10+. The Morgan fingerprint density at radius 3 is 2.45 bits per heavy atom. The van der Waals surface area contributed by atoms with Crippen LogP contribution in [0.2, 0.25) is 0 Å². The summed E-state index contributed by atoms with van der Waals surface area (Å²) in [5.74, 6) is -0.344. The smallest absolute Gasteiger partial charge is 0.263 e. The minimum Gasteiger partial charge on any atom is -0.350 e. The Morgan fingerprint density at radius 1 is 1.00 bits per heavy atom. The van der Waals surface area contributed by atoms with E-state index in [0.29, 0.717) is 0 Å². The first-order valence-electron chi connectivity index (χ1n) is 6.96. The molecule has 112 valence electrons. The number of benzene rings is 1. The first-order chi connectivity index (χ1) is 10.6. The second kappa shape index (κ2) is 5.85. The minimum atomic E-state index is -0.200. The van der Waals surface area contributed by atoms with Crippen molar-refractivity contribution >= 4 is 23.7 Å². The third-order valence-corrected chi connectivity index (χ3v) is 3.55. The van der Waals surface area contributed by atoms with E-state index in [2.05, 4.69) is 5.10 Å². The van der Waals surface area contributed by atoms with Crippen LogP contribution in [0.3, 0.4) is 0 Å². The van der Waals surface area contributed by atoms with Crippen molar-refractivity contribution in [2.75, 3.05) is 18.0 Å². The molecule has 0 aliphatic carbocycles. The summed E-state index contributed by atoms with van der Waals surface area (Å²) in [6, 6.07) is 13.0.